The summed E-state index contributed by atoms with van der Waals surface area (Å²) in [6.07, 6.45) is 5.44. The average molecular weight is 350 g/mol. The zero-order valence-corrected chi connectivity index (χ0v) is 15.4. The summed E-state index contributed by atoms with van der Waals surface area (Å²) in [5, 5.41) is 0. The first kappa shape index (κ1) is 17.8. The third-order valence-electron chi connectivity index (χ3n) is 4.19. The van der Waals surface area contributed by atoms with Gasteiger partial charge in [-0.2, -0.15) is 0 Å². The standard InChI is InChI=1S/C22H22O4/c1-22(2)13-12-17-19(26-22)11-10-16(21(17)25-4)20(24-3)14-18(23)15-8-6-5-7-9-15/h5-14H,1-4H3/b20-14-. The van der Waals surface area contributed by atoms with Crippen LogP contribution in [0.25, 0.3) is 11.8 Å². The monoisotopic (exact) mass is 350 g/mol. The van der Waals surface area contributed by atoms with Crippen molar-refractivity contribution in [2.75, 3.05) is 14.2 Å². The van der Waals surface area contributed by atoms with Crippen LogP contribution in [-0.4, -0.2) is 25.6 Å². The predicted octanol–water partition coefficient (Wildman–Crippen LogP) is 4.75. The van der Waals surface area contributed by atoms with E-state index in [9.17, 15) is 4.79 Å². The number of rotatable bonds is 5. The Labute approximate surface area is 153 Å². The molecule has 0 radical (unpaired) electrons. The van der Waals surface area contributed by atoms with Gasteiger partial charge in [-0.3, -0.25) is 4.79 Å². The number of ether oxygens (including phenoxy) is 3. The summed E-state index contributed by atoms with van der Waals surface area (Å²) >= 11 is 0. The van der Waals surface area contributed by atoms with Crippen LogP contribution in [0.4, 0.5) is 0 Å². The summed E-state index contributed by atoms with van der Waals surface area (Å²) in [5.41, 5.74) is 1.76. The smallest absolute Gasteiger partial charge is 0.189 e. The molecule has 2 aromatic rings. The molecule has 4 heteroatoms. The zero-order valence-electron chi connectivity index (χ0n) is 15.4. The van der Waals surface area contributed by atoms with Gasteiger partial charge in [-0.15, -0.1) is 0 Å². The van der Waals surface area contributed by atoms with Gasteiger partial charge in [0, 0.05) is 11.6 Å². The molecule has 3 rings (SSSR count). The fourth-order valence-electron chi connectivity index (χ4n) is 2.90. The van der Waals surface area contributed by atoms with Crippen molar-refractivity contribution in [3.8, 4) is 11.5 Å². The van der Waals surface area contributed by atoms with E-state index in [4.69, 9.17) is 14.2 Å². The minimum absolute atomic E-state index is 0.129. The van der Waals surface area contributed by atoms with Crippen LogP contribution >= 0.6 is 0 Å². The number of carbonyl (C=O) groups is 1. The normalized spacial score (nSPS) is 15.0. The fraction of sp³-hybridized carbons (Fsp3) is 0.227. The number of allylic oxidation sites excluding steroid dienone is 1. The van der Waals surface area contributed by atoms with Crippen LogP contribution in [0.15, 0.2) is 54.6 Å². The molecule has 0 fully saturated rings. The molecule has 0 atom stereocenters. The van der Waals surface area contributed by atoms with Crippen LogP contribution < -0.4 is 9.47 Å². The molecular weight excluding hydrogens is 328 g/mol. The second-order valence-electron chi connectivity index (χ2n) is 6.54. The molecule has 1 aliphatic heterocycles. The van der Waals surface area contributed by atoms with Crippen LogP contribution in [0, 0.1) is 0 Å². The molecule has 0 unspecified atom stereocenters. The van der Waals surface area contributed by atoms with E-state index in [0.29, 0.717) is 22.6 Å². The van der Waals surface area contributed by atoms with Crippen molar-refractivity contribution in [3.05, 3.63) is 71.3 Å². The summed E-state index contributed by atoms with van der Waals surface area (Å²) in [6, 6.07) is 12.8. The van der Waals surface area contributed by atoms with Crippen LogP contribution in [0.1, 0.15) is 35.3 Å². The van der Waals surface area contributed by atoms with Crippen LogP contribution in [-0.2, 0) is 4.74 Å². The van der Waals surface area contributed by atoms with E-state index in [1.807, 2.05) is 56.3 Å². The quantitative estimate of drug-likeness (QED) is 0.443. The fourth-order valence-corrected chi connectivity index (χ4v) is 2.90. The van der Waals surface area contributed by atoms with E-state index in [-0.39, 0.29) is 11.4 Å². The van der Waals surface area contributed by atoms with Gasteiger partial charge in [-0.05, 0) is 38.1 Å². The molecule has 0 saturated carbocycles. The Morgan fingerprint density at radius 2 is 1.81 bits per heavy atom. The lowest BCUT2D eigenvalue weighted by molar-refractivity contribution is 0.104. The summed E-state index contributed by atoms with van der Waals surface area (Å²) in [4.78, 5) is 12.5. The van der Waals surface area contributed by atoms with E-state index in [1.165, 1.54) is 6.08 Å². The maximum absolute atomic E-state index is 12.5. The molecule has 4 nitrogen and oxygen atoms in total. The first-order valence-corrected chi connectivity index (χ1v) is 8.40. The van der Waals surface area contributed by atoms with E-state index in [2.05, 4.69) is 0 Å². The minimum Gasteiger partial charge on any atom is -0.496 e. The van der Waals surface area contributed by atoms with Crippen molar-refractivity contribution in [1.82, 2.24) is 0 Å². The molecule has 0 N–H and O–H groups in total. The molecule has 26 heavy (non-hydrogen) atoms. The molecular formula is C22H22O4. The molecule has 0 aliphatic carbocycles. The number of benzene rings is 2. The van der Waals surface area contributed by atoms with Crippen molar-refractivity contribution >= 4 is 17.6 Å². The van der Waals surface area contributed by atoms with Gasteiger partial charge in [0.05, 0.1) is 25.3 Å². The number of fused-ring (bicyclic) bond motifs is 1. The van der Waals surface area contributed by atoms with Crippen LogP contribution in [0.3, 0.4) is 0 Å². The Hall–Kier alpha value is -3.01. The Morgan fingerprint density at radius 3 is 2.46 bits per heavy atom. The first-order valence-electron chi connectivity index (χ1n) is 8.40. The lowest BCUT2D eigenvalue weighted by Crippen LogP contribution is -2.27. The van der Waals surface area contributed by atoms with Crippen molar-refractivity contribution in [2.45, 2.75) is 19.4 Å². The highest BCUT2D eigenvalue weighted by Gasteiger charge is 2.26. The van der Waals surface area contributed by atoms with Crippen LogP contribution in [0.2, 0.25) is 0 Å². The van der Waals surface area contributed by atoms with E-state index in [0.717, 1.165) is 11.3 Å². The topological polar surface area (TPSA) is 44.8 Å². The van der Waals surface area contributed by atoms with Crippen molar-refractivity contribution in [2.24, 2.45) is 0 Å². The van der Waals surface area contributed by atoms with Crippen molar-refractivity contribution in [3.63, 3.8) is 0 Å². The number of methoxy groups -OCH3 is 2. The number of carbonyl (C=O) groups excluding carboxylic acids is 1. The summed E-state index contributed by atoms with van der Waals surface area (Å²) in [7, 11) is 3.14. The van der Waals surface area contributed by atoms with E-state index >= 15 is 0 Å². The molecule has 0 spiro atoms. The van der Waals surface area contributed by atoms with Gasteiger partial charge in [0.25, 0.3) is 0 Å². The van der Waals surface area contributed by atoms with Gasteiger partial charge in [0.1, 0.15) is 22.9 Å². The summed E-state index contributed by atoms with van der Waals surface area (Å²) < 4.78 is 17.1. The van der Waals surface area contributed by atoms with Gasteiger partial charge in [0.15, 0.2) is 5.78 Å². The predicted molar refractivity (Wildman–Crippen MR) is 102 cm³/mol. The Kier molecular flexibility index (Phi) is 4.85. The third-order valence-corrected chi connectivity index (χ3v) is 4.19. The third kappa shape index (κ3) is 3.49. The lowest BCUT2D eigenvalue weighted by atomic mass is 9.98. The Bertz CT molecular complexity index is 877. The molecule has 0 aromatic heterocycles. The second-order valence-corrected chi connectivity index (χ2v) is 6.54. The summed E-state index contributed by atoms with van der Waals surface area (Å²) in [6.45, 7) is 3.98. The van der Waals surface area contributed by atoms with E-state index in [1.54, 1.807) is 26.4 Å². The van der Waals surface area contributed by atoms with Crippen molar-refractivity contribution < 1.29 is 19.0 Å². The molecule has 0 amide bonds. The SMILES string of the molecule is CO/C(=C\C(=O)c1ccccc1)c1ccc2c(c1OC)C=CC(C)(C)O2. The number of hydrogen-bond acceptors (Lipinski definition) is 4. The highest BCUT2D eigenvalue weighted by atomic mass is 16.5. The highest BCUT2D eigenvalue weighted by Crippen LogP contribution is 2.41. The van der Waals surface area contributed by atoms with Gasteiger partial charge in [-0.1, -0.05) is 30.3 Å². The number of hydrogen-bond donors (Lipinski definition) is 0. The van der Waals surface area contributed by atoms with Gasteiger partial charge >= 0.3 is 0 Å². The molecule has 0 bridgehead atoms. The van der Waals surface area contributed by atoms with E-state index < -0.39 is 0 Å². The zero-order chi connectivity index (χ0) is 18.7. The second kappa shape index (κ2) is 7.08. The molecule has 1 aliphatic rings. The first-order chi connectivity index (χ1) is 12.4. The lowest BCUT2D eigenvalue weighted by Gasteiger charge is -2.29. The molecule has 1 heterocycles. The molecule has 134 valence electrons. The van der Waals surface area contributed by atoms with Gasteiger partial charge < -0.3 is 14.2 Å². The Balaban J connectivity index is 2.05. The van der Waals surface area contributed by atoms with Crippen molar-refractivity contribution in [1.29, 1.82) is 0 Å². The largest absolute Gasteiger partial charge is 0.496 e. The van der Waals surface area contributed by atoms with Gasteiger partial charge in [-0.25, -0.2) is 0 Å². The Morgan fingerprint density at radius 1 is 1.08 bits per heavy atom. The minimum atomic E-state index is -0.372. The molecule has 2 aromatic carbocycles. The number of ketones is 1. The average Bonchev–Trinajstić information content (AvgIpc) is 2.65. The maximum atomic E-state index is 12.5. The van der Waals surface area contributed by atoms with Gasteiger partial charge in [0.2, 0.25) is 0 Å². The van der Waals surface area contributed by atoms with Crippen LogP contribution in [0.5, 0.6) is 11.5 Å². The molecule has 0 saturated heterocycles. The summed E-state index contributed by atoms with van der Waals surface area (Å²) in [5.74, 6) is 1.66. The highest BCUT2D eigenvalue weighted by molar-refractivity contribution is 6.08. The maximum Gasteiger partial charge on any atom is 0.189 e.